The van der Waals surface area contributed by atoms with Crippen LogP contribution in [-0.2, 0) is 0 Å². The van der Waals surface area contributed by atoms with Gasteiger partial charge in [-0.25, -0.2) is 4.39 Å². The molecule has 2 N–H and O–H groups in total. The number of ketones is 1. The molecule has 0 saturated carbocycles. The first kappa shape index (κ1) is 13.3. The molecule has 0 radical (unpaired) electrons. The van der Waals surface area contributed by atoms with Gasteiger partial charge in [0.1, 0.15) is 5.56 Å². The summed E-state index contributed by atoms with van der Waals surface area (Å²) in [6.45, 7) is 1.05. The van der Waals surface area contributed by atoms with Crippen LogP contribution in [-0.4, -0.2) is 25.5 Å². The molecule has 98 valence electrons. The van der Waals surface area contributed by atoms with E-state index < -0.39 is 5.82 Å². The molecule has 1 aliphatic heterocycles. The molecule has 0 aromatic heterocycles. The molecule has 1 aromatic rings. The van der Waals surface area contributed by atoms with E-state index >= 15 is 0 Å². The topological polar surface area (TPSA) is 61.6 Å². The molecule has 0 aliphatic carbocycles. The number of hydrogen-bond acceptors (Lipinski definition) is 4. The van der Waals surface area contributed by atoms with Crippen LogP contribution < -0.4 is 15.2 Å². The summed E-state index contributed by atoms with van der Waals surface area (Å²) in [4.78, 5) is 11.9. The number of hydrogen-bond donors (Lipinski definition) is 1. The van der Waals surface area contributed by atoms with Crippen LogP contribution in [0.25, 0.3) is 0 Å². The first-order chi connectivity index (χ1) is 8.65. The summed E-state index contributed by atoms with van der Waals surface area (Å²) in [6, 6.07) is 1.48. The van der Waals surface area contributed by atoms with Crippen LogP contribution in [0.15, 0.2) is 10.5 Å². The van der Waals surface area contributed by atoms with E-state index in [2.05, 4.69) is 15.9 Å². The third-order valence-corrected chi connectivity index (χ3v) is 3.16. The van der Waals surface area contributed by atoms with Crippen molar-refractivity contribution in [3.63, 3.8) is 0 Å². The molecule has 1 aromatic carbocycles. The van der Waals surface area contributed by atoms with Gasteiger partial charge in [0.15, 0.2) is 23.1 Å². The molecule has 6 heteroatoms. The van der Waals surface area contributed by atoms with E-state index in [-0.39, 0.29) is 34.5 Å². The average Bonchev–Trinajstić information content (AvgIpc) is 2.56. The van der Waals surface area contributed by atoms with Crippen molar-refractivity contribution in [3.05, 3.63) is 21.9 Å². The van der Waals surface area contributed by atoms with Gasteiger partial charge in [0.05, 0.1) is 17.7 Å². The number of carbonyl (C=O) groups is 1. The predicted molar refractivity (Wildman–Crippen MR) is 67.7 cm³/mol. The Kier molecular flexibility index (Phi) is 4.19. The highest BCUT2D eigenvalue weighted by Crippen LogP contribution is 2.39. The number of rotatable bonds is 3. The Labute approximate surface area is 112 Å². The van der Waals surface area contributed by atoms with Crippen molar-refractivity contribution in [2.24, 2.45) is 5.73 Å². The van der Waals surface area contributed by atoms with Crippen LogP contribution in [0.4, 0.5) is 4.39 Å². The zero-order chi connectivity index (χ0) is 13.1. The van der Waals surface area contributed by atoms with Crippen molar-refractivity contribution in [3.8, 4) is 11.5 Å². The lowest BCUT2D eigenvalue weighted by atomic mass is 10.1. The minimum absolute atomic E-state index is 0.0726. The molecule has 1 heterocycles. The van der Waals surface area contributed by atoms with Gasteiger partial charge >= 0.3 is 0 Å². The van der Waals surface area contributed by atoms with E-state index in [9.17, 15) is 9.18 Å². The first-order valence-corrected chi connectivity index (χ1v) is 6.45. The fourth-order valence-corrected chi connectivity index (χ4v) is 2.16. The number of Topliss-reactive ketones (excluding diaryl/α,β-unsaturated/α-hetero) is 1. The normalized spacial score (nSPS) is 14.2. The lowest BCUT2D eigenvalue weighted by Crippen LogP contribution is -2.12. The van der Waals surface area contributed by atoms with Crippen molar-refractivity contribution in [2.45, 2.75) is 12.8 Å². The van der Waals surface area contributed by atoms with Gasteiger partial charge in [-0.1, -0.05) is 0 Å². The SMILES string of the molecule is NCCC(=O)c1c(F)c(Br)cc2c1OCCCO2. The van der Waals surface area contributed by atoms with Crippen LogP contribution >= 0.6 is 15.9 Å². The summed E-state index contributed by atoms with van der Waals surface area (Å²) >= 11 is 3.08. The van der Waals surface area contributed by atoms with E-state index in [4.69, 9.17) is 15.2 Å². The smallest absolute Gasteiger partial charge is 0.175 e. The largest absolute Gasteiger partial charge is 0.489 e. The second-order valence-corrected chi connectivity index (χ2v) is 4.74. The molecule has 0 unspecified atom stereocenters. The zero-order valence-electron chi connectivity index (χ0n) is 9.67. The molecule has 0 fully saturated rings. The summed E-state index contributed by atoms with van der Waals surface area (Å²) in [7, 11) is 0. The van der Waals surface area contributed by atoms with Crippen molar-refractivity contribution < 1.29 is 18.7 Å². The van der Waals surface area contributed by atoms with Gasteiger partial charge in [0, 0.05) is 18.9 Å². The Hall–Kier alpha value is -1.14. The van der Waals surface area contributed by atoms with E-state index in [1.807, 2.05) is 0 Å². The highest BCUT2D eigenvalue weighted by molar-refractivity contribution is 9.10. The van der Waals surface area contributed by atoms with Crippen LogP contribution in [0, 0.1) is 5.82 Å². The Morgan fingerprint density at radius 1 is 1.44 bits per heavy atom. The lowest BCUT2D eigenvalue weighted by Gasteiger charge is -2.13. The second-order valence-electron chi connectivity index (χ2n) is 3.89. The fourth-order valence-electron chi connectivity index (χ4n) is 1.76. The Morgan fingerprint density at radius 3 is 2.89 bits per heavy atom. The van der Waals surface area contributed by atoms with E-state index in [0.717, 1.165) is 0 Å². The van der Waals surface area contributed by atoms with Gasteiger partial charge in [0.25, 0.3) is 0 Å². The average molecular weight is 318 g/mol. The van der Waals surface area contributed by atoms with Gasteiger partial charge < -0.3 is 15.2 Å². The maximum Gasteiger partial charge on any atom is 0.175 e. The summed E-state index contributed by atoms with van der Waals surface area (Å²) in [5.41, 5.74) is 5.26. The van der Waals surface area contributed by atoms with Crippen molar-refractivity contribution in [1.29, 1.82) is 0 Å². The molecule has 0 bridgehead atoms. The third-order valence-electron chi connectivity index (χ3n) is 2.58. The van der Waals surface area contributed by atoms with Gasteiger partial charge in [0.2, 0.25) is 0 Å². The molecule has 18 heavy (non-hydrogen) atoms. The Bertz CT molecular complexity index is 479. The highest BCUT2D eigenvalue weighted by atomic mass is 79.9. The summed E-state index contributed by atoms with van der Waals surface area (Å²) in [5.74, 6) is -0.427. The molecule has 0 saturated heterocycles. The zero-order valence-corrected chi connectivity index (χ0v) is 11.3. The van der Waals surface area contributed by atoms with Gasteiger partial charge in [-0.15, -0.1) is 0 Å². The van der Waals surface area contributed by atoms with E-state index in [0.29, 0.717) is 25.4 Å². The highest BCUT2D eigenvalue weighted by Gasteiger charge is 2.25. The van der Waals surface area contributed by atoms with Crippen LogP contribution in [0.1, 0.15) is 23.2 Å². The molecular formula is C12H13BrFNO3. The number of benzene rings is 1. The number of nitrogens with two attached hydrogens (primary N) is 1. The van der Waals surface area contributed by atoms with Gasteiger partial charge in [-0.05, 0) is 22.5 Å². The molecule has 4 nitrogen and oxygen atoms in total. The van der Waals surface area contributed by atoms with Gasteiger partial charge in [-0.3, -0.25) is 4.79 Å². The lowest BCUT2D eigenvalue weighted by molar-refractivity contribution is 0.0977. The maximum atomic E-state index is 14.1. The van der Waals surface area contributed by atoms with Crippen LogP contribution in [0.2, 0.25) is 0 Å². The second kappa shape index (κ2) is 5.67. The predicted octanol–water partition coefficient (Wildman–Crippen LogP) is 2.28. The molecule has 0 atom stereocenters. The molecule has 1 aliphatic rings. The number of fused-ring (bicyclic) bond motifs is 1. The summed E-state index contributed by atoms with van der Waals surface area (Å²) < 4.78 is 25.1. The molecule has 0 amide bonds. The minimum Gasteiger partial charge on any atom is -0.489 e. The standard InChI is InChI=1S/C12H13BrFNO3/c13-7-6-9-12(18-5-1-4-17-9)10(11(7)14)8(16)2-3-15/h6H,1-5,15H2. The van der Waals surface area contributed by atoms with Crippen molar-refractivity contribution >= 4 is 21.7 Å². The maximum absolute atomic E-state index is 14.1. The fraction of sp³-hybridized carbons (Fsp3) is 0.417. The van der Waals surface area contributed by atoms with Crippen molar-refractivity contribution in [2.75, 3.05) is 19.8 Å². The number of carbonyl (C=O) groups excluding carboxylic acids is 1. The monoisotopic (exact) mass is 317 g/mol. The summed E-state index contributed by atoms with van der Waals surface area (Å²) in [5, 5.41) is 0. The number of ether oxygens (including phenoxy) is 2. The third kappa shape index (κ3) is 2.49. The van der Waals surface area contributed by atoms with E-state index in [1.54, 1.807) is 0 Å². The number of halogens is 2. The Balaban J connectivity index is 2.54. The van der Waals surface area contributed by atoms with Gasteiger partial charge in [-0.2, -0.15) is 0 Å². The molecular weight excluding hydrogens is 305 g/mol. The quantitative estimate of drug-likeness (QED) is 0.869. The first-order valence-electron chi connectivity index (χ1n) is 5.66. The van der Waals surface area contributed by atoms with E-state index in [1.165, 1.54) is 6.07 Å². The van der Waals surface area contributed by atoms with Crippen LogP contribution in [0.3, 0.4) is 0 Å². The molecule has 2 rings (SSSR count). The van der Waals surface area contributed by atoms with Crippen LogP contribution in [0.5, 0.6) is 11.5 Å². The van der Waals surface area contributed by atoms with Crippen molar-refractivity contribution in [1.82, 2.24) is 0 Å². The minimum atomic E-state index is -0.627. The Morgan fingerprint density at radius 2 is 2.17 bits per heavy atom. The summed E-state index contributed by atoms with van der Waals surface area (Å²) in [6.07, 6.45) is 0.765. The molecule has 0 spiro atoms.